The molecule has 5 heteroatoms. The monoisotopic (exact) mass is 264 g/mol. The van der Waals surface area contributed by atoms with Crippen molar-refractivity contribution in [1.29, 1.82) is 0 Å². The van der Waals surface area contributed by atoms with Crippen molar-refractivity contribution in [3.63, 3.8) is 0 Å². The van der Waals surface area contributed by atoms with Crippen LogP contribution in [0, 0.1) is 0 Å². The molecule has 1 aromatic rings. The molecule has 19 heavy (non-hydrogen) atoms. The lowest BCUT2D eigenvalue weighted by atomic mass is 10.2. The van der Waals surface area contributed by atoms with Crippen LogP contribution in [-0.2, 0) is 17.9 Å². The average Bonchev–Trinajstić information content (AvgIpc) is 2.98. The molecule has 0 bridgehead atoms. The fourth-order valence-electron chi connectivity index (χ4n) is 2.44. The van der Waals surface area contributed by atoms with Gasteiger partial charge >= 0.3 is 0 Å². The number of rotatable bonds is 6. The Morgan fingerprint density at radius 1 is 1.47 bits per heavy atom. The van der Waals surface area contributed by atoms with E-state index in [9.17, 15) is 4.79 Å². The highest BCUT2D eigenvalue weighted by atomic mass is 16.2. The number of amides is 1. The van der Waals surface area contributed by atoms with Crippen molar-refractivity contribution in [2.45, 2.75) is 64.7 Å². The highest BCUT2D eigenvalue weighted by molar-refractivity contribution is 5.76. The second-order valence-corrected chi connectivity index (χ2v) is 5.56. The van der Waals surface area contributed by atoms with Gasteiger partial charge in [-0.15, -0.1) is 0 Å². The highest BCUT2D eigenvalue weighted by Gasteiger charge is 2.17. The molecule has 0 aliphatic heterocycles. The van der Waals surface area contributed by atoms with E-state index in [0.29, 0.717) is 25.2 Å². The number of hydrogen-bond acceptors (Lipinski definition) is 3. The first-order chi connectivity index (χ1) is 9.15. The van der Waals surface area contributed by atoms with Crippen LogP contribution >= 0.6 is 0 Å². The largest absolute Gasteiger partial charge is 0.352 e. The number of nitrogens with zero attached hydrogens (tertiary/aromatic N) is 2. The van der Waals surface area contributed by atoms with Gasteiger partial charge in [-0.2, -0.15) is 0 Å². The van der Waals surface area contributed by atoms with Gasteiger partial charge in [0.2, 0.25) is 5.91 Å². The molecule has 0 atom stereocenters. The summed E-state index contributed by atoms with van der Waals surface area (Å²) in [5, 5.41) is 6.42. The van der Waals surface area contributed by atoms with Crippen molar-refractivity contribution < 1.29 is 4.79 Å². The van der Waals surface area contributed by atoms with Crippen molar-refractivity contribution in [1.82, 2.24) is 20.2 Å². The fourth-order valence-corrected chi connectivity index (χ4v) is 2.44. The summed E-state index contributed by atoms with van der Waals surface area (Å²) in [4.78, 5) is 16.3. The van der Waals surface area contributed by atoms with Crippen molar-refractivity contribution in [3.05, 3.63) is 18.2 Å². The minimum absolute atomic E-state index is 0.0932. The van der Waals surface area contributed by atoms with E-state index < -0.39 is 0 Å². The second-order valence-electron chi connectivity index (χ2n) is 5.56. The summed E-state index contributed by atoms with van der Waals surface area (Å²) in [6, 6.07) is 0.797. The number of hydrogen-bond donors (Lipinski definition) is 2. The van der Waals surface area contributed by atoms with Crippen LogP contribution in [0.15, 0.2) is 12.4 Å². The van der Waals surface area contributed by atoms with Gasteiger partial charge in [0.05, 0.1) is 6.54 Å². The molecule has 2 rings (SSSR count). The molecule has 1 aliphatic carbocycles. The van der Waals surface area contributed by atoms with E-state index in [1.165, 1.54) is 12.8 Å². The van der Waals surface area contributed by atoms with Gasteiger partial charge in [-0.25, -0.2) is 4.98 Å². The SMILES string of the molecule is CC(C)NCc1nccn1CC(=O)NC1CCCC1. The third kappa shape index (κ3) is 4.35. The van der Waals surface area contributed by atoms with Crippen molar-refractivity contribution in [2.75, 3.05) is 0 Å². The minimum atomic E-state index is 0.0932. The summed E-state index contributed by atoms with van der Waals surface area (Å²) >= 11 is 0. The molecule has 1 amide bonds. The summed E-state index contributed by atoms with van der Waals surface area (Å²) < 4.78 is 1.92. The normalized spacial score (nSPS) is 16.2. The Labute approximate surface area is 114 Å². The molecule has 1 aliphatic rings. The zero-order chi connectivity index (χ0) is 13.7. The lowest BCUT2D eigenvalue weighted by Gasteiger charge is -2.14. The molecule has 1 heterocycles. The molecule has 0 radical (unpaired) electrons. The van der Waals surface area contributed by atoms with Crippen molar-refractivity contribution in [2.24, 2.45) is 0 Å². The summed E-state index contributed by atoms with van der Waals surface area (Å²) in [6.07, 6.45) is 8.33. The molecule has 1 fully saturated rings. The number of carbonyl (C=O) groups excluding carboxylic acids is 1. The van der Waals surface area contributed by atoms with Crippen LogP contribution in [0.1, 0.15) is 45.4 Å². The first-order valence-corrected chi connectivity index (χ1v) is 7.18. The zero-order valence-electron chi connectivity index (χ0n) is 11.9. The van der Waals surface area contributed by atoms with Crippen molar-refractivity contribution >= 4 is 5.91 Å². The predicted molar refractivity (Wildman–Crippen MR) is 74.6 cm³/mol. The van der Waals surface area contributed by atoms with Gasteiger partial charge < -0.3 is 15.2 Å². The maximum Gasteiger partial charge on any atom is 0.240 e. The molecule has 0 spiro atoms. The summed E-state index contributed by atoms with van der Waals surface area (Å²) in [7, 11) is 0. The summed E-state index contributed by atoms with van der Waals surface area (Å²) in [5.41, 5.74) is 0. The van der Waals surface area contributed by atoms with E-state index in [2.05, 4.69) is 29.5 Å². The maximum atomic E-state index is 12.0. The van der Waals surface area contributed by atoms with Crippen LogP contribution in [0.25, 0.3) is 0 Å². The molecule has 1 saturated carbocycles. The van der Waals surface area contributed by atoms with Crippen LogP contribution in [0.3, 0.4) is 0 Å². The number of aromatic nitrogens is 2. The Balaban J connectivity index is 1.84. The number of imidazole rings is 1. The van der Waals surface area contributed by atoms with Gasteiger partial charge in [-0.05, 0) is 12.8 Å². The van der Waals surface area contributed by atoms with E-state index in [1.54, 1.807) is 6.20 Å². The van der Waals surface area contributed by atoms with Crippen LogP contribution in [0.4, 0.5) is 0 Å². The third-order valence-corrected chi connectivity index (χ3v) is 3.50. The standard InChI is InChI=1S/C14H24N4O/c1-11(2)16-9-13-15-7-8-18(13)10-14(19)17-12-5-3-4-6-12/h7-8,11-12,16H,3-6,9-10H2,1-2H3,(H,17,19). The smallest absolute Gasteiger partial charge is 0.240 e. The van der Waals surface area contributed by atoms with Crippen LogP contribution in [0.5, 0.6) is 0 Å². The first-order valence-electron chi connectivity index (χ1n) is 7.18. The Bertz CT molecular complexity index is 407. The van der Waals surface area contributed by atoms with Gasteiger partial charge in [0.15, 0.2) is 0 Å². The Morgan fingerprint density at radius 2 is 2.21 bits per heavy atom. The van der Waals surface area contributed by atoms with Crippen molar-refractivity contribution in [3.8, 4) is 0 Å². The molecule has 1 aromatic heterocycles. The topological polar surface area (TPSA) is 59.0 Å². The fraction of sp³-hybridized carbons (Fsp3) is 0.714. The first kappa shape index (κ1) is 14.1. The third-order valence-electron chi connectivity index (χ3n) is 3.50. The van der Waals surface area contributed by atoms with Gasteiger partial charge in [0.25, 0.3) is 0 Å². The van der Waals surface area contributed by atoms with E-state index in [0.717, 1.165) is 18.7 Å². The Morgan fingerprint density at radius 3 is 2.89 bits per heavy atom. The summed E-state index contributed by atoms with van der Waals surface area (Å²) in [5.74, 6) is 1.01. The predicted octanol–water partition coefficient (Wildman–Crippen LogP) is 1.44. The average molecular weight is 264 g/mol. The van der Waals surface area contributed by atoms with E-state index >= 15 is 0 Å². The lowest BCUT2D eigenvalue weighted by molar-refractivity contribution is -0.122. The van der Waals surface area contributed by atoms with Gasteiger partial charge in [-0.1, -0.05) is 26.7 Å². The highest BCUT2D eigenvalue weighted by Crippen LogP contribution is 2.17. The lowest BCUT2D eigenvalue weighted by Crippen LogP contribution is -2.35. The molecular weight excluding hydrogens is 240 g/mol. The zero-order valence-corrected chi connectivity index (χ0v) is 11.9. The second kappa shape index (κ2) is 6.70. The Kier molecular flexibility index (Phi) is 4.96. The van der Waals surface area contributed by atoms with Gasteiger partial charge in [-0.3, -0.25) is 4.79 Å². The molecule has 106 valence electrons. The molecule has 2 N–H and O–H groups in total. The molecule has 0 unspecified atom stereocenters. The number of nitrogens with one attached hydrogen (secondary N) is 2. The van der Waals surface area contributed by atoms with Gasteiger partial charge in [0, 0.05) is 24.5 Å². The van der Waals surface area contributed by atoms with Gasteiger partial charge in [0.1, 0.15) is 12.4 Å². The van der Waals surface area contributed by atoms with E-state index in [1.807, 2.05) is 10.8 Å². The Hall–Kier alpha value is -1.36. The number of carbonyl (C=O) groups is 1. The van der Waals surface area contributed by atoms with Crippen LogP contribution in [-0.4, -0.2) is 27.5 Å². The minimum Gasteiger partial charge on any atom is -0.352 e. The van der Waals surface area contributed by atoms with E-state index in [4.69, 9.17) is 0 Å². The van der Waals surface area contributed by atoms with Crippen LogP contribution < -0.4 is 10.6 Å². The molecule has 0 aromatic carbocycles. The molecule has 0 saturated heterocycles. The molecule has 5 nitrogen and oxygen atoms in total. The van der Waals surface area contributed by atoms with E-state index in [-0.39, 0.29) is 5.91 Å². The van der Waals surface area contributed by atoms with Crippen LogP contribution in [0.2, 0.25) is 0 Å². The maximum absolute atomic E-state index is 12.0. The molecular formula is C14H24N4O. The summed E-state index contributed by atoms with van der Waals surface area (Å²) in [6.45, 7) is 5.26. The quantitative estimate of drug-likeness (QED) is 0.817.